The molecule has 2 saturated heterocycles. The van der Waals surface area contributed by atoms with Gasteiger partial charge in [0.1, 0.15) is 11.5 Å². The van der Waals surface area contributed by atoms with E-state index in [4.69, 9.17) is 0 Å². The molecule has 106 valence electrons. The summed E-state index contributed by atoms with van der Waals surface area (Å²) in [5, 5.41) is 4.25. The van der Waals surface area contributed by atoms with Crippen molar-refractivity contribution in [1.29, 1.82) is 0 Å². The van der Waals surface area contributed by atoms with E-state index in [1.165, 1.54) is 0 Å². The lowest BCUT2D eigenvalue weighted by Gasteiger charge is -2.46. The first kappa shape index (κ1) is 12.8. The van der Waals surface area contributed by atoms with Crippen LogP contribution >= 0.6 is 0 Å². The highest BCUT2D eigenvalue weighted by atomic mass is 16.2. The highest BCUT2D eigenvalue weighted by Gasteiger charge is 2.59. The minimum absolute atomic E-state index is 0.0639. The van der Waals surface area contributed by atoms with Crippen LogP contribution in [0.15, 0.2) is 0 Å². The van der Waals surface area contributed by atoms with Crippen molar-refractivity contribution >= 4 is 29.7 Å². The van der Waals surface area contributed by atoms with Crippen LogP contribution in [0.3, 0.4) is 0 Å². The Labute approximate surface area is 113 Å². The van der Waals surface area contributed by atoms with Gasteiger partial charge in [0.15, 0.2) is 0 Å². The Morgan fingerprint density at radius 3 is 2.30 bits per heavy atom. The molecule has 0 bridgehead atoms. The molecule has 0 aromatic heterocycles. The zero-order valence-corrected chi connectivity index (χ0v) is 10.6. The van der Waals surface area contributed by atoms with Crippen LogP contribution in [0.25, 0.3) is 0 Å². The topological polar surface area (TPSA) is 113 Å². The Morgan fingerprint density at radius 1 is 1.05 bits per heavy atom. The van der Waals surface area contributed by atoms with Crippen molar-refractivity contribution in [3.63, 3.8) is 0 Å². The highest BCUT2D eigenvalue weighted by Crippen LogP contribution is 2.45. The molecule has 2 aliphatic heterocycles. The van der Waals surface area contributed by atoms with Crippen LogP contribution in [0.1, 0.15) is 32.1 Å². The molecule has 3 fully saturated rings. The molecule has 8 heteroatoms. The van der Waals surface area contributed by atoms with Crippen LogP contribution in [0.2, 0.25) is 0 Å². The molecule has 6 amide bonds. The number of carbonyl (C=O) groups excluding carboxylic acids is 5. The van der Waals surface area contributed by atoms with Crippen molar-refractivity contribution in [2.24, 2.45) is 5.41 Å². The number of urea groups is 1. The summed E-state index contributed by atoms with van der Waals surface area (Å²) in [5.41, 5.74) is -1.20. The summed E-state index contributed by atoms with van der Waals surface area (Å²) >= 11 is 0. The van der Waals surface area contributed by atoms with Crippen molar-refractivity contribution in [1.82, 2.24) is 15.5 Å². The Hall–Kier alpha value is -2.25. The molecule has 1 saturated carbocycles. The third-order valence-corrected chi connectivity index (χ3v) is 4.23. The number of carbonyl (C=O) groups is 5. The molecule has 2 heterocycles. The first-order valence-corrected chi connectivity index (χ1v) is 6.48. The van der Waals surface area contributed by atoms with Gasteiger partial charge in [0.25, 0.3) is 0 Å². The number of imide groups is 3. The van der Waals surface area contributed by atoms with Gasteiger partial charge in [-0.05, 0) is 19.3 Å². The first-order chi connectivity index (χ1) is 9.45. The quantitative estimate of drug-likeness (QED) is 0.474. The fraction of sp³-hybridized carbons (Fsp3) is 0.583. The highest BCUT2D eigenvalue weighted by molar-refractivity contribution is 6.21. The minimum atomic E-state index is -1.20. The number of barbiturate groups is 1. The summed E-state index contributed by atoms with van der Waals surface area (Å²) in [6, 6.07) is -1.90. The van der Waals surface area contributed by atoms with Gasteiger partial charge in [-0.25, -0.2) is 4.79 Å². The Balaban J connectivity index is 1.90. The summed E-state index contributed by atoms with van der Waals surface area (Å²) < 4.78 is 0. The second-order valence-electron chi connectivity index (χ2n) is 5.34. The number of hydrogen-bond acceptors (Lipinski definition) is 5. The summed E-state index contributed by atoms with van der Waals surface area (Å²) in [6.45, 7) is 0. The van der Waals surface area contributed by atoms with E-state index in [0.29, 0.717) is 12.8 Å². The summed E-state index contributed by atoms with van der Waals surface area (Å²) in [6.07, 6.45) is 1.66. The second-order valence-corrected chi connectivity index (χ2v) is 5.34. The molecule has 0 aromatic carbocycles. The van der Waals surface area contributed by atoms with E-state index >= 15 is 0 Å². The number of rotatable bonds is 1. The maximum Gasteiger partial charge on any atom is 0.331 e. The lowest BCUT2D eigenvalue weighted by molar-refractivity contribution is -0.162. The van der Waals surface area contributed by atoms with Gasteiger partial charge in [0.05, 0.1) is 0 Å². The van der Waals surface area contributed by atoms with Crippen molar-refractivity contribution in [3.8, 4) is 0 Å². The molecule has 3 aliphatic rings. The van der Waals surface area contributed by atoms with Gasteiger partial charge in [-0.1, -0.05) is 6.42 Å². The van der Waals surface area contributed by atoms with E-state index in [2.05, 4.69) is 10.6 Å². The number of amides is 6. The largest absolute Gasteiger partial charge is 0.331 e. The van der Waals surface area contributed by atoms with E-state index in [0.717, 1.165) is 11.3 Å². The van der Waals surface area contributed by atoms with E-state index in [1.54, 1.807) is 0 Å². The molecule has 1 aliphatic carbocycles. The second kappa shape index (κ2) is 4.12. The van der Waals surface area contributed by atoms with Crippen molar-refractivity contribution in [2.45, 2.75) is 38.1 Å². The first-order valence-electron chi connectivity index (χ1n) is 6.48. The van der Waals surface area contributed by atoms with Crippen molar-refractivity contribution in [3.05, 3.63) is 0 Å². The van der Waals surface area contributed by atoms with Crippen LogP contribution in [0.5, 0.6) is 0 Å². The average molecular weight is 279 g/mol. The molecule has 0 aromatic rings. The third-order valence-electron chi connectivity index (χ3n) is 4.23. The SMILES string of the molecule is O=C1CCC(N2C(=O)NC(=O)C3(CCC3)C2=O)C(=O)N1. The van der Waals surface area contributed by atoms with Gasteiger partial charge < -0.3 is 0 Å². The maximum atomic E-state index is 12.5. The summed E-state index contributed by atoms with van der Waals surface area (Å²) in [4.78, 5) is 59.9. The zero-order valence-electron chi connectivity index (χ0n) is 10.6. The Morgan fingerprint density at radius 2 is 1.75 bits per heavy atom. The Bertz CT molecular complexity index is 551. The molecule has 1 spiro atoms. The molecule has 2 N–H and O–H groups in total. The summed E-state index contributed by atoms with van der Waals surface area (Å²) in [7, 11) is 0. The van der Waals surface area contributed by atoms with Gasteiger partial charge in [-0.15, -0.1) is 0 Å². The smallest absolute Gasteiger partial charge is 0.295 e. The number of hydrogen-bond donors (Lipinski definition) is 2. The van der Waals surface area contributed by atoms with Crippen LogP contribution in [0, 0.1) is 5.41 Å². The van der Waals surface area contributed by atoms with E-state index in [-0.39, 0.29) is 12.8 Å². The standard InChI is InChI=1S/C12H13N3O5/c16-7-3-2-6(8(17)13-7)15-10(19)12(4-1-5-12)9(18)14-11(15)20/h6H,1-5H2,(H,13,16,17)(H,14,18,20). The van der Waals surface area contributed by atoms with Crippen LogP contribution in [-0.2, 0) is 19.2 Å². The molecule has 20 heavy (non-hydrogen) atoms. The van der Waals surface area contributed by atoms with Crippen LogP contribution in [0.4, 0.5) is 4.79 Å². The number of nitrogens with one attached hydrogen (secondary N) is 2. The number of piperidine rings is 1. The van der Waals surface area contributed by atoms with E-state index in [9.17, 15) is 24.0 Å². The molecule has 1 atom stereocenters. The van der Waals surface area contributed by atoms with Gasteiger partial charge in [0.2, 0.25) is 23.6 Å². The minimum Gasteiger partial charge on any atom is -0.295 e. The molecule has 0 radical (unpaired) electrons. The third kappa shape index (κ3) is 1.57. The monoisotopic (exact) mass is 279 g/mol. The van der Waals surface area contributed by atoms with E-state index < -0.39 is 41.1 Å². The van der Waals surface area contributed by atoms with Crippen LogP contribution in [-0.4, -0.2) is 40.6 Å². The van der Waals surface area contributed by atoms with Gasteiger partial charge in [-0.3, -0.25) is 34.7 Å². The normalized spacial score (nSPS) is 29.1. The van der Waals surface area contributed by atoms with Gasteiger partial charge >= 0.3 is 6.03 Å². The van der Waals surface area contributed by atoms with E-state index in [1.807, 2.05) is 0 Å². The van der Waals surface area contributed by atoms with Crippen LogP contribution < -0.4 is 10.6 Å². The zero-order chi connectivity index (χ0) is 14.5. The molecule has 8 nitrogen and oxygen atoms in total. The predicted octanol–water partition coefficient (Wildman–Crippen LogP) is -0.960. The molecular formula is C12H13N3O5. The predicted molar refractivity (Wildman–Crippen MR) is 62.8 cm³/mol. The molecule has 1 unspecified atom stereocenters. The fourth-order valence-corrected chi connectivity index (χ4v) is 2.88. The fourth-order valence-electron chi connectivity index (χ4n) is 2.88. The van der Waals surface area contributed by atoms with Gasteiger partial charge in [-0.2, -0.15) is 0 Å². The lowest BCUT2D eigenvalue weighted by Crippen LogP contribution is -2.70. The lowest BCUT2D eigenvalue weighted by atomic mass is 9.66. The van der Waals surface area contributed by atoms with Gasteiger partial charge in [0, 0.05) is 6.42 Å². The Kier molecular flexibility index (Phi) is 2.63. The summed E-state index contributed by atoms with van der Waals surface area (Å²) in [5.74, 6) is -2.30. The average Bonchev–Trinajstić information content (AvgIpc) is 2.29. The maximum absolute atomic E-state index is 12.5. The molecule has 3 rings (SSSR count). The number of nitrogens with zero attached hydrogens (tertiary/aromatic N) is 1. The van der Waals surface area contributed by atoms with Crippen molar-refractivity contribution in [2.75, 3.05) is 0 Å². The molecular weight excluding hydrogens is 266 g/mol. The van der Waals surface area contributed by atoms with Crippen molar-refractivity contribution < 1.29 is 24.0 Å².